The Hall–Kier alpha value is -2.71. The number of hydrogen-bond acceptors (Lipinski definition) is 5. The molecule has 1 amide bonds. The highest BCUT2D eigenvalue weighted by atomic mass is 32.1. The first-order chi connectivity index (χ1) is 14.6. The number of aromatic nitrogens is 3. The zero-order valence-corrected chi connectivity index (χ0v) is 18.0. The molecule has 158 valence electrons. The third kappa shape index (κ3) is 4.71. The van der Waals surface area contributed by atoms with E-state index in [9.17, 15) is 4.79 Å². The second kappa shape index (κ2) is 9.40. The summed E-state index contributed by atoms with van der Waals surface area (Å²) in [6.07, 6.45) is 4.39. The molecule has 1 unspecified atom stereocenters. The second-order valence-electron chi connectivity index (χ2n) is 7.70. The van der Waals surface area contributed by atoms with Gasteiger partial charge in [0.05, 0.1) is 12.3 Å². The zero-order valence-electron chi connectivity index (χ0n) is 17.1. The van der Waals surface area contributed by atoms with Gasteiger partial charge in [0.2, 0.25) is 5.91 Å². The number of aromatic amines is 1. The number of nitrogens with zero attached hydrogens (tertiary/aromatic N) is 3. The van der Waals surface area contributed by atoms with E-state index < -0.39 is 0 Å². The van der Waals surface area contributed by atoms with Crippen LogP contribution < -0.4 is 5.32 Å². The lowest BCUT2D eigenvalue weighted by atomic mass is 10.1. The minimum Gasteiger partial charge on any atom is -0.468 e. The number of rotatable bonds is 8. The highest BCUT2D eigenvalue weighted by Crippen LogP contribution is 2.25. The molecule has 0 bridgehead atoms. The molecule has 4 rings (SSSR count). The van der Waals surface area contributed by atoms with Crippen molar-refractivity contribution in [2.75, 3.05) is 19.6 Å². The number of carbonyl (C=O) groups is 1. The average Bonchev–Trinajstić information content (AvgIpc) is 3.51. The molecule has 2 aromatic heterocycles. The van der Waals surface area contributed by atoms with Crippen LogP contribution in [0.5, 0.6) is 0 Å². The molecule has 0 radical (unpaired) electrons. The third-order valence-electron chi connectivity index (χ3n) is 5.58. The van der Waals surface area contributed by atoms with Crippen LogP contribution in [0.2, 0.25) is 0 Å². The molecule has 0 saturated carbocycles. The molecule has 0 spiro atoms. The van der Waals surface area contributed by atoms with E-state index in [2.05, 4.69) is 20.4 Å². The molecule has 8 heteroatoms. The van der Waals surface area contributed by atoms with E-state index in [-0.39, 0.29) is 11.9 Å². The molecule has 1 atom stereocenters. The highest BCUT2D eigenvalue weighted by molar-refractivity contribution is 7.71. The van der Waals surface area contributed by atoms with Gasteiger partial charge in [0.25, 0.3) is 0 Å². The number of furan rings is 1. The molecule has 30 heavy (non-hydrogen) atoms. The van der Waals surface area contributed by atoms with Gasteiger partial charge in [-0.3, -0.25) is 19.4 Å². The standard InChI is InChI=1S/C22H27N5O2S/c1-16-6-8-17(9-7-16)21-24-25-22(30)27(21)13-10-20(28)23-15-18(19-5-4-14-29-19)26-11-2-3-12-26/h4-9,14,18H,2-3,10-13,15H2,1H3,(H,23,28)(H,25,30). The second-order valence-corrected chi connectivity index (χ2v) is 8.09. The Morgan fingerprint density at radius 1 is 1.27 bits per heavy atom. The van der Waals surface area contributed by atoms with Gasteiger partial charge in [-0.15, -0.1) is 0 Å². The molecule has 7 nitrogen and oxygen atoms in total. The highest BCUT2D eigenvalue weighted by Gasteiger charge is 2.25. The minimum atomic E-state index is -0.0105. The van der Waals surface area contributed by atoms with Crippen LogP contribution in [0, 0.1) is 11.7 Å². The number of nitrogens with one attached hydrogen (secondary N) is 2. The summed E-state index contributed by atoms with van der Waals surface area (Å²) in [4.78, 5) is 15.0. The molecule has 1 aromatic carbocycles. The van der Waals surface area contributed by atoms with Crippen LogP contribution in [-0.4, -0.2) is 45.2 Å². The number of amides is 1. The van der Waals surface area contributed by atoms with Gasteiger partial charge in [-0.05, 0) is 57.2 Å². The maximum Gasteiger partial charge on any atom is 0.221 e. The van der Waals surface area contributed by atoms with Gasteiger partial charge in [-0.25, -0.2) is 0 Å². The Balaban J connectivity index is 1.37. The number of hydrogen-bond donors (Lipinski definition) is 2. The Bertz CT molecular complexity index is 1020. The van der Waals surface area contributed by atoms with E-state index in [1.165, 1.54) is 18.4 Å². The van der Waals surface area contributed by atoms with Crippen LogP contribution in [-0.2, 0) is 11.3 Å². The van der Waals surface area contributed by atoms with Crippen molar-refractivity contribution in [3.8, 4) is 11.4 Å². The maximum atomic E-state index is 12.6. The molecule has 3 aromatic rings. The number of carbonyl (C=O) groups excluding carboxylic acids is 1. The van der Waals surface area contributed by atoms with Crippen molar-refractivity contribution in [1.82, 2.24) is 25.0 Å². The fourth-order valence-electron chi connectivity index (χ4n) is 3.90. The molecule has 0 aliphatic carbocycles. The van der Waals surface area contributed by atoms with Crippen LogP contribution in [0.1, 0.15) is 36.6 Å². The summed E-state index contributed by atoms with van der Waals surface area (Å²) >= 11 is 5.38. The van der Waals surface area contributed by atoms with Crippen molar-refractivity contribution in [2.45, 2.75) is 38.8 Å². The molecule has 1 aliphatic rings. The van der Waals surface area contributed by atoms with Gasteiger partial charge in [-0.2, -0.15) is 5.10 Å². The van der Waals surface area contributed by atoms with Crippen LogP contribution in [0.25, 0.3) is 11.4 Å². The fourth-order valence-corrected chi connectivity index (χ4v) is 4.13. The Kier molecular flexibility index (Phi) is 6.44. The first kappa shape index (κ1) is 20.6. The first-order valence-corrected chi connectivity index (χ1v) is 10.8. The van der Waals surface area contributed by atoms with Crippen molar-refractivity contribution in [2.24, 2.45) is 0 Å². The number of benzene rings is 1. The lowest BCUT2D eigenvalue weighted by Crippen LogP contribution is -2.36. The summed E-state index contributed by atoms with van der Waals surface area (Å²) in [7, 11) is 0. The molecule has 1 fully saturated rings. The number of likely N-dealkylation sites (tertiary alicyclic amines) is 1. The predicted octanol–water partition coefficient (Wildman–Crippen LogP) is 3.85. The predicted molar refractivity (Wildman–Crippen MR) is 117 cm³/mol. The van der Waals surface area contributed by atoms with Crippen LogP contribution in [0.3, 0.4) is 0 Å². The molecular weight excluding hydrogens is 398 g/mol. The van der Waals surface area contributed by atoms with Crippen LogP contribution in [0.4, 0.5) is 0 Å². The SMILES string of the molecule is Cc1ccc(-c2n[nH]c(=S)n2CCC(=O)NCC(c2ccco2)N2CCCC2)cc1. The van der Waals surface area contributed by atoms with Gasteiger partial charge < -0.3 is 9.73 Å². The van der Waals surface area contributed by atoms with Gasteiger partial charge >= 0.3 is 0 Å². The average molecular weight is 426 g/mol. The van der Waals surface area contributed by atoms with Gasteiger partial charge in [0.1, 0.15) is 5.76 Å². The normalized spacial score (nSPS) is 15.4. The quantitative estimate of drug-likeness (QED) is 0.536. The van der Waals surface area contributed by atoms with Crippen molar-refractivity contribution < 1.29 is 9.21 Å². The summed E-state index contributed by atoms with van der Waals surface area (Å²) < 4.78 is 8.02. The summed E-state index contributed by atoms with van der Waals surface area (Å²) in [5, 5.41) is 10.3. The van der Waals surface area contributed by atoms with E-state index in [0.29, 0.717) is 24.3 Å². The fraction of sp³-hybridized carbons (Fsp3) is 0.409. The van der Waals surface area contributed by atoms with E-state index in [1.807, 2.05) is 47.9 Å². The Morgan fingerprint density at radius 3 is 2.73 bits per heavy atom. The third-order valence-corrected chi connectivity index (χ3v) is 5.89. The Morgan fingerprint density at radius 2 is 2.03 bits per heavy atom. The first-order valence-electron chi connectivity index (χ1n) is 10.4. The Labute approximate surface area is 181 Å². The molecule has 1 saturated heterocycles. The molecule has 2 N–H and O–H groups in total. The van der Waals surface area contributed by atoms with Crippen molar-refractivity contribution in [3.63, 3.8) is 0 Å². The number of H-pyrrole nitrogens is 1. The molecule has 1 aliphatic heterocycles. The molecule has 3 heterocycles. The lowest BCUT2D eigenvalue weighted by molar-refractivity contribution is -0.121. The smallest absolute Gasteiger partial charge is 0.221 e. The topological polar surface area (TPSA) is 79.1 Å². The molecular formula is C22H27N5O2S. The van der Waals surface area contributed by atoms with Crippen molar-refractivity contribution in [3.05, 3.63) is 58.8 Å². The summed E-state index contributed by atoms with van der Waals surface area (Å²) in [6, 6.07) is 12.1. The largest absolute Gasteiger partial charge is 0.468 e. The van der Waals surface area contributed by atoms with Crippen molar-refractivity contribution >= 4 is 18.1 Å². The van der Waals surface area contributed by atoms with Gasteiger partial charge in [0, 0.05) is 25.1 Å². The van der Waals surface area contributed by atoms with Crippen LogP contribution in [0.15, 0.2) is 47.1 Å². The minimum absolute atomic E-state index is 0.0105. The van der Waals surface area contributed by atoms with E-state index in [1.54, 1.807) is 6.26 Å². The lowest BCUT2D eigenvalue weighted by Gasteiger charge is -2.26. The summed E-state index contributed by atoms with van der Waals surface area (Å²) in [5.74, 6) is 1.64. The van der Waals surface area contributed by atoms with E-state index in [4.69, 9.17) is 16.6 Å². The van der Waals surface area contributed by atoms with Gasteiger partial charge in [-0.1, -0.05) is 29.8 Å². The van der Waals surface area contributed by atoms with Gasteiger partial charge in [0.15, 0.2) is 10.6 Å². The zero-order chi connectivity index (χ0) is 20.9. The maximum absolute atomic E-state index is 12.6. The van der Waals surface area contributed by atoms with Crippen LogP contribution >= 0.6 is 12.2 Å². The van der Waals surface area contributed by atoms with E-state index >= 15 is 0 Å². The van der Waals surface area contributed by atoms with Crippen molar-refractivity contribution in [1.29, 1.82) is 0 Å². The summed E-state index contributed by atoms with van der Waals surface area (Å²) in [5.41, 5.74) is 2.16. The summed E-state index contributed by atoms with van der Waals surface area (Å²) in [6.45, 7) is 5.12. The number of aryl methyl sites for hydroxylation is 1. The monoisotopic (exact) mass is 425 g/mol. The van der Waals surface area contributed by atoms with E-state index in [0.717, 1.165) is 30.2 Å².